The molecule has 3 heteroatoms. The number of carbonyl (C=O) groups is 1. The summed E-state index contributed by atoms with van der Waals surface area (Å²) in [7, 11) is 0. The smallest absolute Gasteiger partial charge is 0.325 e. The molecule has 98 valence electrons. The number of nitrogens with one attached hydrogen (secondary N) is 1. The van der Waals surface area contributed by atoms with Gasteiger partial charge in [0.05, 0.1) is 0 Å². The number of benzene rings is 1. The Morgan fingerprint density at radius 2 is 1.89 bits per heavy atom. The Balaban J connectivity index is 1.72. The number of anilines is 1. The number of esters is 1. The molecule has 0 amide bonds. The van der Waals surface area contributed by atoms with Crippen LogP contribution < -0.4 is 5.32 Å². The minimum atomic E-state index is -0.150. The predicted molar refractivity (Wildman–Crippen MR) is 72.6 cm³/mol. The Morgan fingerprint density at radius 1 is 1.22 bits per heavy atom. The molecular weight excluding hydrogens is 226 g/mol. The van der Waals surface area contributed by atoms with E-state index in [2.05, 4.69) is 5.32 Å². The Hall–Kier alpha value is -1.51. The lowest BCUT2D eigenvalue weighted by Gasteiger charge is -2.21. The van der Waals surface area contributed by atoms with Gasteiger partial charge in [0.15, 0.2) is 0 Å². The number of rotatable bonds is 4. The van der Waals surface area contributed by atoms with Crippen LogP contribution >= 0.6 is 0 Å². The maximum absolute atomic E-state index is 11.7. The first-order valence-electron chi connectivity index (χ1n) is 6.74. The molecule has 1 aromatic rings. The number of carbonyl (C=O) groups excluding carboxylic acids is 1. The average molecular weight is 247 g/mol. The highest BCUT2D eigenvalue weighted by Gasteiger charge is 2.17. The van der Waals surface area contributed by atoms with Crippen LogP contribution in [0, 0.1) is 6.92 Å². The lowest BCUT2D eigenvalue weighted by atomic mass is 9.98. The zero-order chi connectivity index (χ0) is 12.8. The van der Waals surface area contributed by atoms with Gasteiger partial charge >= 0.3 is 5.97 Å². The minimum Gasteiger partial charge on any atom is -0.461 e. The highest BCUT2D eigenvalue weighted by Crippen LogP contribution is 2.20. The minimum absolute atomic E-state index is 0.145. The summed E-state index contributed by atoms with van der Waals surface area (Å²) in [6.45, 7) is 2.29. The second-order valence-corrected chi connectivity index (χ2v) is 4.97. The molecule has 0 unspecified atom stereocenters. The van der Waals surface area contributed by atoms with E-state index in [1.165, 1.54) is 24.8 Å². The number of aryl methyl sites for hydroxylation is 1. The Morgan fingerprint density at radius 3 is 2.56 bits per heavy atom. The topological polar surface area (TPSA) is 38.3 Å². The lowest BCUT2D eigenvalue weighted by Crippen LogP contribution is -2.25. The van der Waals surface area contributed by atoms with Crippen LogP contribution in [0.3, 0.4) is 0 Å². The molecule has 0 saturated heterocycles. The summed E-state index contributed by atoms with van der Waals surface area (Å²) in [5.41, 5.74) is 2.17. The van der Waals surface area contributed by atoms with Crippen molar-refractivity contribution in [1.82, 2.24) is 0 Å². The lowest BCUT2D eigenvalue weighted by molar-refractivity contribution is -0.148. The van der Waals surface area contributed by atoms with Gasteiger partial charge in [-0.3, -0.25) is 4.79 Å². The normalized spacial score (nSPS) is 16.3. The van der Waals surface area contributed by atoms with Gasteiger partial charge < -0.3 is 10.1 Å². The van der Waals surface area contributed by atoms with E-state index in [-0.39, 0.29) is 18.6 Å². The van der Waals surface area contributed by atoms with Crippen molar-refractivity contribution < 1.29 is 9.53 Å². The highest BCUT2D eigenvalue weighted by molar-refractivity contribution is 5.75. The van der Waals surface area contributed by atoms with Crippen molar-refractivity contribution in [2.45, 2.75) is 45.1 Å². The van der Waals surface area contributed by atoms with Crippen molar-refractivity contribution in [2.24, 2.45) is 0 Å². The number of hydrogen-bond acceptors (Lipinski definition) is 3. The molecule has 0 spiro atoms. The molecular formula is C15H21NO2. The Bertz CT molecular complexity index is 380. The van der Waals surface area contributed by atoms with Gasteiger partial charge in [-0.15, -0.1) is 0 Å². The van der Waals surface area contributed by atoms with Gasteiger partial charge in [-0.1, -0.05) is 24.1 Å². The van der Waals surface area contributed by atoms with Crippen molar-refractivity contribution >= 4 is 11.7 Å². The first-order valence-corrected chi connectivity index (χ1v) is 6.74. The van der Waals surface area contributed by atoms with Crippen LogP contribution in [0.5, 0.6) is 0 Å². The van der Waals surface area contributed by atoms with Gasteiger partial charge in [-0.25, -0.2) is 0 Å². The van der Waals surface area contributed by atoms with Crippen LogP contribution in [0.15, 0.2) is 24.3 Å². The maximum Gasteiger partial charge on any atom is 0.325 e. The van der Waals surface area contributed by atoms with E-state index < -0.39 is 0 Å². The fourth-order valence-corrected chi connectivity index (χ4v) is 2.26. The van der Waals surface area contributed by atoms with Gasteiger partial charge in [0, 0.05) is 5.69 Å². The van der Waals surface area contributed by atoms with Crippen molar-refractivity contribution in [3.63, 3.8) is 0 Å². The first kappa shape index (κ1) is 12.9. The fraction of sp³-hybridized carbons (Fsp3) is 0.533. The quantitative estimate of drug-likeness (QED) is 0.830. The molecule has 3 nitrogen and oxygen atoms in total. The van der Waals surface area contributed by atoms with Crippen LogP contribution in [0.2, 0.25) is 0 Å². The third-order valence-electron chi connectivity index (χ3n) is 3.34. The van der Waals surface area contributed by atoms with Crippen LogP contribution in [0.4, 0.5) is 5.69 Å². The molecule has 1 saturated carbocycles. The van der Waals surface area contributed by atoms with Crippen LogP contribution in [-0.2, 0) is 9.53 Å². The van der Waals surface area contributed by atoms with E-state index in [0.717, 1.165) is 18.5 Å². The summed E-state index contributed by atoms with van der Waals surface area (Å²) >= 11 is 0. The van der Waals surface area contributed by atoms with Crippen LogP contribution in [0.25, 0.3) is 0 Å². The van der Waals surface area contributed by atoms with Gasteiger partial charge in [0.1, 0.15) is 12.6 Å². The van der Waals surface area contributed by atoms with E-state index in [4.69, 9.17) is 4.74 Å². The van der Waals surface area contributed by atoms with Gasteiger partial charge in [-0.05, 0) is 44.7 Å². The van der Waals surface area contributed by atoms with E-state index in [9.17, 15) is 4.79 Å². The molecule has 2 rings (SSSR count). The zero-order valence-electron chi connectivity index (χ0n) is 10.9. The zero-order valence-corrected chi connectivity index (χ0v) is 10.9. The van der Waals surface area contributed by atoms with E-state index >= 15 is 0 Å². The molecule has 1 aliphatic carbocycles. The van der Waals surface area contributed by atoms with Crippen molar-refractivity contribution in [3.8, 4) is 0 Å². The molecule has 1 aliphatic rings. The second kappa shape index (κ2) is 6.43. The molecule has 0 radical (unpaired) electrons. The third-order valence-corrected chi connectivity index (χ3v) is 3.34. The van der Waals surface area contributed by atoms with Crippen molar-refractivity contribution in [3.05, 3.63) is 29.8 Å². The SMILES string of the molecule is Cc1ccc(NCC(=O)OC2CCCCC2)cc1. The molecule has 1 N–H and O–H groups in total. The van der Waals surface area contributed by atoms with E-state index in [1.807, 2.05) is 31.2 Å². The summed E-state index contributed by atoms with van der Waals surface area (Å²) in [4.78, 5) is 11.7. The molecule has 0 heterocycles. The molecule has 18 heavy (non-hydrogen) atoms. The fourth-order valence-electron chi connectivity index (χ4n) is 2.26. The van der Waals surface area contributed by atoms with E-state index in [0.29, 0.717) is 0 Å². The van der Waals surface area contributed by atoms with Gasteiger partial charge in [0.25, 0.3) is 0 Å². The first-order chi connectivity index (χ1) is 8.74. The summed E-state index contributed by atoms with van der Waals surface area (Å²) in [5.74, 6) is -0.150. The summed E-state index contributed by atoms with van der Waals surface area (Å²) in [5, 5.41) is 3.09. The van der Waals surface area contributed by atoms with Gasteiger partial charge in [-0.2, -0.15) is 0 Å². The molecule has 0 bridgehead atoms. The largest absolute Gasteiger partial charge is 0.461 e. The Kier molecular flexibility index (Phi) is 4.62. The van der Waals surface area contributed by atoms with Crippen LogP contribution in [-0.4, -0.2) is 18.6 Å². The third kappa shape index (κ3) is 4.06. The van der Waals surface area contributed by atoms with Gasteiger partial charge in [0.2, 0.25) is 0 Å². The van der Waals surface area contributed by atoms with Crippen molar-refractivity contribution in [1.29, 1.82) is 0 Å². The molecule has 0 aliphatic heterocycles. The standard InChI is InChI=1S/C15H21NO2/c1-12-7-9-13(10-8-12)16-11-15(17)18-14-5-3-2-4-6-14/h7-10,14,16H,2-6,11H2,1H3. The predicted octanol–water partition coefficient (Wildman–Crippen LogP) is 3.28. The highest BCUT2D eigenvalue weighted by atomic mass is 16.5. The Labute approximate surface area is 109 Å². The number of hydrogen-bond donors (Lipinski definition) is 1. The summed E-state index contributed by atoms with van der Waals surface area (Å²) in [6.07, 6.45) is 5.83. The molecule has 1 fully saturated rings. The van der Waals surface area contributed by atoms with Crippen LogP contribution in [0.1, 0.15) is 37.7 Å². The van der Waals surface area contributed by atoms with Crippen molar-refractivity contribution in [2.75, 3.05) is 11.9 Å². The number of ether oxygens (including phenoxy) is 1. The molecule has 1 aromatic carbocycles. The average Bonchev–Trinajstić information content (AvgIpc) is 2.39. The monoisotopic (exact) mass is 247 g/mol. The molecule has 0 atom stereocenters. The second-order valence-electron chi connectivity index (χ2n) is 4.97. The molecule has 0 aromatic heterocycles. The summed E-state index contributed by atoms with van der Waals surface area (Å²) in [6, 6.07) is 8.00. The summed E-state index contributed by atoms with van der Waals surface area (Å²) < 4.78 is 5.44. The maximum atomic E-state index is 11.7. The van der Waals surface area contributed by atoms with E-state index in [1.54, 1.807) is 0 Å².